The van der Waals surface area contributed by atoms with E-state index in [1.165, 1.54) is 0 Å². The molecule has 0 amide bonds. The molecule has 1 rings (SSSR count). The number of hydrogen-bond acceptors (Lipinski definition) is 2. The summed E-state index contributed by atoms with van der Waals surface area (Å²) in [6, 6.07) is 0.0520. The Labute approximate surface area is 81.0 Å². The van der Waals surface area contributed by atoms with E-state index in [-0.39, 0.29) is 19.9 Å². The minimum absolute atomic E-state index is 0. The SMILES string of the molecule is C[C@@H](N)C[C@@]1(O)C=CC=CC1.[Cl-].[H+]. The lowest BCUT2D eigenvalue weighted by Gasteiger charge is -2.26. The Morgan fingerprint density at radius 3 is 2.75 bits per heavy atom. The first-order valence-corrected chi connectivity index (χ1v) is 3.95. The summed E-state index contributed by atoms with van der Waals surface area (Å²) in [7, 11) is 0. The Kier molecular flexibility index (Phi) is 4.53. The summed E-state index contributed by atoms with van der Waals surface area (Å²) in [5, 5.41) is 9.82. The smallest absolute Gasteiger partial charge is 1.00 e. The van der Waals surface area contributed by atoms with Crippen LogP contribution in [0, 0.1) is 0 Å². The molecule has 0 spiro atoms. The van der Waals surface area contributed by atoms with Crippen LogP contribution in [-0.4, -0.2) is 16.7 Å². The summed E-state index contributed by atoms with van der Waals surface area (Å²) in [6.45, 7) is 1.91. The third-order valence-electron chi connectivity index (χ3n) is 1.80. The molecule has 3 heteroatoms. The highest BCUT2D eigenvalue weighted by atomic mass is 35.5. The van der Waals surface area contributed by atoms with Crippen molar-refractivity contribution in [3.8, 4) is 0 Å². The molecular weight excluding hydrogens is 174 g/mol. The van der Waals surface area contributed by atoms with Crippen molar-refractivity contribution in [1.82, 2.24) is 0 Å². The van der Waals surface area contributed by atoms with Gasteiger partial charge >= 0.3 is 1.43 Å². The van der Waals surface area contributed by atoms with Crippen molar-refractivity contribution in [3.63, 3.8) is 0 Å². The Hall–Kier alpha value is -0.310. The maximum Gasteiger partial charge on any atom is 1.00 e. The summed E-state index contributed by atoms with van der Waals surface area (Å²) in [4.78, 5) is 0. The maximum absolute atomic E-state index is 9.82. The fourth-order valence-electron chi connectivity index (χ4n) is 1.36. The highest BCUT2D eigenvalue weighted by molar-refractivity contribution is 5.18. The lowest BCUT2D eigenvalue weighted by Crippen LogP contribution is -3.00. The molecule has 1 aliphatic carbocycles. The molecule has 0 saturated carbocycles. The van der Waals surface area contributed by atoms with Gasteiger partial charge in [0.2, 0.25) is 0 Å². The van der Waals surface area contributed by atoms with E-state index in [0.29, 0.717) is 12.8 Å². The Morgan fingerprint density at radius 1 is 1.67 bits per heavy atom. The van der Waals surface area contributed by atoms with E-state index in [4.69, 9.17) is 5.73 Å². The second-order valence-electron chi connectivity index (χ2n) is 3.28. The van der Waals surface area contributed by atoms with E-state index in [2.05, 4.69) is 0 Å². The van der Waals surface area contributed by atoms with Gasteiger partial charge in [-0.3, -0.25) is 0 Å². The quantitative estimate of drug-likeness (QED) is 0.533. The van der Waals surface area contributed by atoms with Gasteiger partial charge in [-0.05, 0) is 19.8 Å². The van der Waals surface area contributed by atoms with E-state index in [1.54, 1.807) is 0 Å². The van der Waals surface area contributed by atoms with Crippen LogP contribution in [0.1, 0.15) is 21.2 Å². The van der Waals surface area contributed by atoms with Crippen LogP contribution in [0.25, 0.3) is 0 Å². The molecule has 0 unspecified atom stereocenters. The normalized spacial score (nSPS) is 29.6. The van der Waals surface area contributed by atoms with Crippen LogP contribution in [0.15, 0.2) is 24.3 Å². The van der Waals surface area contributed by atoms with Crippen molar-refractivity contribution in [2.75, 3.05) is 0 Å². The number of hydrogen-bond donors (Lipinski definition) is 2. The molecule has 0 saturated heterocycles. The van der Waals surface area contributed by atoms with Crippen LogP contribution in [0.3, 0.4) is 0 Å². The van der Waals surface area contributed by atoms with Gasteiger partial charge in [-0.2, -0.15) is 0 Å². The molecule has 2 nitrogen and oxygen atoms in total. The first kappa shape index (κ1) is 11.7. The molecular formula is C9H16ClNO. The lowest BCUT2D eigenvalue weighted by atomic mass is 9.89. The highest BCUT2D eigenvalue weighted by Gasteiger charge is 2.24. The van der Waals surface area contributed by atoms with Gasteiger partial charge < -0.3 is 23.2 Å². The predicted octanol–water partition coefficient (Wildman–Crippen LogP) is -1.91. The average Bonchev–Trinajstić information content (AvgIpc) is 1.85. The zero-order chi connectivity index (χ0) is 8.32. The Bertz CT molecular complexity index is 194. The van der Waals surface area contributed by atoms with Crippen LogP contribution >= 0.6 is 0 Å². The fourth-order valence-corrected chi connectivity index (χ4v) is 1.36. The number of allylic oxidation sites excluding steroid dienone is 2. The molecule has 2 atom stereocenters. The molecule has 0 radical (unpaired) electrons. The van der Waals surface area contributed by atoms with Gasteiger partial charge in [0.1, 0.15) is 0 Å². The van der Waals surface area contributed by atoms with Gasteiger partial charge in [-0.25, -0.2) is 0 Å². The maximum atomic E-state index is 9.82. The molecule has 0 aliphatic heterocycles. The van der Waals surface area contributed by atoms with Gasteiger partial charge in [-0.1, -0.05) is 24.3 Å². The molecule has 0 heterocycles. The van der Waals surface area contributed by atoms with Crippen molar-refractivity contribution >= 4 is 0 Å². The van der Waals surface area contributed by atoms with E-state index in [1.807, 2.05) is 31.2 Å². The molecule has 0 bridgehead atoms. The third kappa shape index (κ3) is 3.39. The highest BCUT2D eigenvalue weighted by Crippen LogP contribution is 2.22. The van der Waals surface area contributed by atoms with Crippen molar-refractivity contribution < 1.29 is 18.9 Å². The molecule has 12 heavy (non-hydrogen) atoms. The van der Waals surface area contributed by atoms with Gasteiger partial charge in [-0.15, -0.1) is 0 Å². The van der Waals surface area contributed by atoms with E-state index >= 15 is 0 Å². The monoisotopic (exact) mass is 189 g/mol. The molecule has 1 aliphatic rings. The van der Waals surface area contributed by atoms with Crippen molar-refractivity contribution in [2.24, 2.45) is 5.73 Å². The number of aliphatic hydroxyl groups is 1. The summed E-state index contributed by atoms with van der Waals surface area (Å²) in [6.07, 6.45) is 8.90. The third-order valence-corrected chi connectivity index (χ3v) is 1.80. The Balaban J connectivity index is 0. The van der Waals surface area contributed by atoms with Crippen LogP contribution in [-0.2, 0) is 0 Å². The first-order valence-electron chi connectivity index (χ1n) is 3.95. The molecule has 0 aromatic heterocycles. The van der Waals surface area contributed by atoms with Crippen molar-refractivity contribution in [1.29, 1.82) is 0 Å². The summed E-state index contributed by atoms with van der Waals surface area (Å²) in [5.41, 5.74) is 4.90. The molecule has 0 aromatic rings. The molecule has 3 N–H and O–H groups in total. The van der Waals surface area contributed by atoms with Crippen LogP contribution in [0.4, 0.5) is 0 Å². The Morgan fingerprint density at radius 2 is 2.33 bits per heavy atom. The average molecular weight is 190 g/mol. The number of rotatable bonds is 2. The van der Waals surface area contributed by atoms with E-state index in [0.717, 1.165) is 0 Å². The lowest BCUT2D eigenvalue weighted by molar-refractivity contribution is -0.00000975. The van der Waals surface area contributed by atoms with E-state index < -0.39 is 5.60 Å². The summed E-state index contributed by atoms with van der Waals surface area (Å²) < 4.78 is 0. The van der Waals surface area contributed by atoms with Gasteiger partial charge in [0.25, 0.3) is 0 Å². The second-order valence-corrected chi connectivity index (χ2v) is 3.28. The molecule has 0 aromatic carbocycles. The van der Waals surface area contributed by atoms with Gasteiger partial charge in [0.05, 0.1) is 5.60 Å². The summed E-state index contributed by atoms with van der Waals surface area (Å²) >= 11 is 0. The van der Waals surface area contributed by atoms with Gasteiger partial charge in [0.15, 0.2) is 0 Å². The minimum atomic E-state index is -0.692. The standard InChI is InChI=1S/C9H15NO.ClH/c1-8(10)7-9(11)5-3-2-4-6-9;/h2-5,8,11H,6-7,10H2,1H3;1H/t8-,9-;/m1./s1. The fraction of sp³-hybridized carbons (Fsp3) is 0.556. The molecule has 0 fully saturated rings. The van der Waals surface area contributed by atoms with Crippen molar-refractivity contribution in [3.05, 3.63) is 24.3 Å². The second kappa shape index (κ2) is 4.65. The van der Waals surface area contributed by atoms with Crippen LogP contribution in [0.5, 0.6) is 0 Å². The largest absolute Gasteiger partial charge is 1.00 e. The number of halogens is 1. The van der Waals surface area contributed by atoms with Crippen LogP contribution < -0.4 is 18.1 Å². The zero-order valence-corrected chi connectivity index (χ0v) is 7.96. The molecule has 70 valence electrons. The minimum Gasteiger partial charge on any atom is -1.00 e. The summed E-state index contributed by atoms with van der Waals surface area (Å²) in [5.74, 6) is 0. The topological polar surface area (TPSA) is 46.2 Å². The number of nitrogens with two attached hydrogens (primary N) is 1. The van der Waals surface area contributed by atoms with E-state index in [9.17, 15) is 5.11 Å². The van der Waals surface area contributed by atoms with Crippen molar-refractivity contribution in [2.45, 2.75) is 31.4 Å². The predicted molar refractivity (Wildman–Crippen MR) is 47.2 cm³/mol. The zero-order valence-electron chi connectivity index (χ0n) is 8.20. The first-order chi connectivity index (χ1) is 5.12. The van der Waals surface area contributed by atoms with Gasteiger partial charge in [0, 0.05) is 6.04 Å². The van der Waals surface area contributed by atoms with Crippen LogP contribution in [0.2, 0.25) is 0 Å².